The Morgan fingerprint density at radius 1 is 1.24 bits per heavy atom. The van der Waals surface area contributed by atoms with Gasteiger partial charge in [0.15, 0.2) is 5.96 Å². The average molecular weight is 369 g/mol. The smallest absolute Gasteiger partial charge is 0.191 e. The van der Waals surface area contributed by atoms with Gasteiger partial charge >= 0.3 is 0 Å². The Morgan fingerprint density at radius 2 is 2.00 bits per heavy atom. The first-order valence-corrected chi connectivity index (χ1v) is 9.36. The van der Waals surface area contributed by atoms with Gasteiger partial charge in [-0.2, -0.15) is 0 Å². The molecule has 1 fully saturated rings. The number of morpholine rings is 1. The SMILES string of the molecule is CCNC(=NCCCN1CCOCC1)NCCOc1ccc(Cl)cc1. The molecule has 0 amide bonds. The number of guanidine groups is 1. The van der Waals surface area contributed by atoms with Crippen molar-refractivity contribution in [3.05, 3.63) is 29.3 Å². The molecule has 0 radical (unpaired) electrons. The molecule has 1 aliphatic heterocycles. The first-order valence-electron chi connectivity index (χ1n) is 8.98. The van der Waals surface area contributed by atoms with Crippen molar-refractivity contribution in [2.45, 2.75) is 13.3 Å². The van der Waals surface area contributed by atoms with Gasteiger partial charge in [-0.05, 0) is 37.6 Å². The number of hydrogen-bond acceptors (Lipinski definition) is 4. The lowest BCUT2D eigenvalue weighted by molar-refractivity contribution is 0.0377. The quantitative estimate of drug-likeness (QED) is 0.396. The summed E-state index contributed by atoms with van der Waals surface area (Å²) in [6.07, 6.45) is 1.05. The summed E-state index contributed by atoms with van der Waals surface area (Å²) in [5.41, 5.74) is 0. The van der Waals surface area contributed by atoms with Crippen LogP contribution < -0.4 is 15.4 Å². The highest BCUT2D eigenvalue weighted by Gasteiger charge is 2.08. The minimum Gasteiger partial charge on any atom is -0.492 e. The monoisotopic (exact) mass is 368 g/mol. The summed E-state index contributed by atoms with van der Waals surface area (Å²) in [4.78, 5) is 7.05. The molecule has 0 unspecified atom stereocenters. The van der Waals surface area contributed by atoms with Gasteiger partial charge in [-0.1, -0.05) is 11.6 Å². The van der Waals surface area contributed by atoms with Crippen LogP contribution in [0.5, 0.6) is 5.75 Å². The number of benzene rings is 1. The molecule has 140 valence electrons. The van der Waals surface area contributed by atoms with E-state index in [0.29, 0.717) is 18.2 Å². The topological polar surface area (TPSA) is 58.1 Å². The van der Waals surface area contributed by atoms with E-state index in [0.717, 1.165) is 64.1 Å². The second kappa shape index (κ2) is 12.0. The third-order valence-electron chi connectivity index (χ3n) is 3.83. The normalized spacial score (nSPS) is 15.8. The van der Waals surface area contributed by atoms with Gasteiger partial charge in [-0.25, -0.2) is 0 Å². The van der Waals surface area contributed by atoms with Crippen molar-refractivity contribution in [2.75, 3.05) is 59.1 Å². The summed E-state index contributed by atoms with van der Waals surface area (Å²) in [7, 11) is 0. The molecule has 0 saturated carbocycles. The van der Waals surface area contributed by atoms with Gasteiger partial charge in [-0.3, -0.25) is 9.89 Å². The first-order chi connectivity index (χ1) is 12.3. The standard InChI is InChI=1S/C18H29ClN4O2/c1-2-20-18(21-8-3-10-23-11-14-24-15-12-23)22-9-13-25-17-6-4-16(19)5-7-17/h4-7H,2-3,8-15H2,1H3,(H2,20,21,22). The van der Waals surface area contributed by atoms with Gasteiger partial charge < -0.3 is 20.1 Å². The van der Waals surface area contributed by atoms with Gasteiger partial charge in [0.05, 0.1) is 19.8 Å². The lowest BCUT2D eigenvalue weighted by Gasteiger charge is -2.26. The Hall–Kier alpha value is -1.50. The molecule has 0 atom stereocenters. The summed E-state index contributed by atoms with van der Waals surface area (Å²) < 4.78 is 11.0. The molecule has 6 nitrogen and oxygen atoms in total. The Labute approximate surface area is 155 Å². The van der Waals surface area contributed by atoms with Crippen LogP contribution in [0.4, 0.5) is 0 Å². The first kappa shape index (κ1) is 19.8. The van der Waals surface area contributed by atoms with Crippen LogP contribution in [0.25, 0.3) is 0 Å². The number of rotatable bonds is 9. The fourth-order valence-corrected chi connectivity index (χ4v) is 2.65. The van der Waals surface area contributed by atoms with Crippen molar-refractivity contribution in [1.82, 2.24) is 15.5 Å². The van der Waals surface area contributed by atoms with Gasteiger partial charge in [-0.15, -0.1) is 0 Å². The maximum atomic E-state index is 5.86. The van der Waals surface area contributed by atoms with Crippen LogP contribution in [0, 0.1) is 0 Å². The zero-order valence-electron chi connectivity index (χ0n) is 15.0. The molecular formula is C18H29ClN4O2. The number of hydrogen-bond donors (Lipinski definition) is 2. The Balaban J connectivity index is 1.62. The summed E-state index contributed by atoms with van der Waals surface area (Å²) in [5.74, 6) is 1.66. The minimum atomic E-state index is 0.569. The number of nitrogens with one attached hydrogen (secondary N) is 2. The molecular weight excluding hydrogens is 340 g/mol. The molecule has 0 aromatic heterocycles. The number of ether oxygens (including phenoxy) is 2. The number of aliphatic imine (C=N–C) groups is 1. The molecule has 2 rings (SSSR count). The van der Waals surface area contributed by atoms with E-state index in [-0.39, 0.29) is 0 Å². The van der Waals surface area contributed by atoms with E-state index in [1.807, 2.05) is 24.3 Å². The maximum absolute atomic E-state index is 5.86. The lowest BCUT2D eigenvalue weighted by atomic mass is 10.3. The molecule has 1 heterocycles. The van der Waals surface area contributed by atoms with Gasteiger partial charge in [0, 0.05) is 37.7 Å². The van der Waals surface area contributed by atoms with Gasteiger partial charge in [0.2, 0.25) is 0 Å². The second-order valence-corrected chi connectivity index (χ2v) is 6.23. The molecule has 0 aliphatic carbocycles. The van der Waals surface area contributed by atoms with E-state index in [1.165, 1.54) is 0 Å². The second-order valence-electron chi connectivity index (χ2n) is 5.80. The maximum Gasteiger partial charge on any atom is 0.191 e. The molecule has 1 aromatic carbocycles. The van der Waals surface area contributed by atoms with E-state index in [1.54, 1.807) is 0 Å². The Kier molecular flexibility index (Phi) is 9.47. The van der Waals surface area contributed by atoms with E-state index < -0.39 is 0 Å². The highest BCUT2D eigenvalue weighted by molar-refractivity contribution is 6.30. The van der Waals surface area contributed by atoms with Crippen LogP contribution in [0.3, 0.4) is 0 Å². The van der Waals surface area contributed by atoms with Crippen molar-refractivity contribution in [3.63, 3.8) is 0 Å². The van der Waals surface area contributed by atoms with E-state index in [4.69, 9.17) is 21.1 Å². The Bertz CT molecular complexity index is 504. The molecule has 2 N–H and O–H groups in total. The average Bonchev–Trinajstić information content (AvgIpc) is 2.64. The molecule has 0 bridgehead atoms. The summed E-state index contributed by atoms with van der Waals surface area (Å²) in [6.45, 7) is 9.81. The van der Waals surface area contributed by atoms with Crippen molar-refractivity contribution in [2.24, 2.45) is 4.99 Å². The predicted octanol–water partition coefficient (Wildman–Crippen LogP) is 2.00. The summed E-state index contributed by atoms with van der Waals surface area (Å²) in [6, 6.07) is 7.38. The molecule has 0 spiro atoms. The van der Waals surface area contributed by atoms with Crippen LogP contribution in [0.2, 0.25) is 5.02 Å². The molecule has 1 aromatic rings. The highest BCUT2D eigenvalue weighted by atomic mass is 35.5. The van der Waals surface area contributed by atoms with Crippen molar-refractivity contribution in [3.8, 4) is 5.75 Å². The van der Waals surface area contributed by atoms with Crippen LogP contribution in [-0.2, 0) is 4.74 Å². The number of nitrogens with zero attached hydrogens (tertiary/aromatic N) is 2. The van der Waals surface area contributed by atoms with Crippen LogP contribution in [0.1, 0.15) is 13.3 Å². The zero-order chi connectivity index (χ0) is 17.7. The van der Waals surface area contributed by atoms with E-state index in [9.17, 15) is 0 Å². The minimum absolute atomic E-state index is 0.569. The van der Waals surface area contributed by atoms with Crippen LogP contribution >= 0.6 is 11.6 Å². The predicted molar refractivity (Wildman–Crippen MR) is 103 cm³/mol. The van der Waals surface area contributed by atoms with Gasteiger partial charge in [0.25, 0.3) is 0 Å². The Morgan fingerprint density at radius 3 is 2.72 bits per heavy atom. The molecule has 7 heteroatoms. The number of halogens is 1. The van der Waals surface area contributed by atoms with Crippen molar-refractivity contribution in [1.29, 1.82) is 0 Å². The zero-order valence-corrected chi connectivity index (χ0v) is 15.7. The van der Waals surface area contributed by atoms with Crippen molar-refractivity contribution < 1.29 is 9.47 Å². The third kappa shape index (κ3) is 8.43. The fourth-order valence-electron chi connectivity index (χ4n) is 2.52. The molecule has 1 aliphatic rings. The molecule has 25 heavy (non-hydrogen) atoms. The highest BCUT2D eigenvalue weighted by Crippen LogP contribution is 2.15. The van der Waals surface area contributed by atoms with Crippen LogP contribution in [0.15, 0.2) is 29.3 Å². The summed E-state index contributed by atoms with van der Waals surface area (Å²) >= 11 is 5.86. The summed E-state index contributed by atoms with van der Waals surface area (Å²) in [5, 5.41) is 7.27. The molecule has 1 saturated heterocycles. The largest absolute Gasteiger partial charge is 0.492 e. The lowest BCUT2D eigenvalue weighted by Crippen LogP contribution is -2.39. The van der Waals surface area contributed by atoms with E-state index >= 15 is 0 Å². The fraction of sp³-hybridized carbons (Fsp3) is 0.611. The van der Waals surface area contributed by atoms with Gasteiger partial charge in [0.1, 0.15) is 12.4 Å². The third-order valence-corrected chi connectivity index (χ3v) is 4.08. The van der Waals surface area contributed by atoms with Crippen LogP contribution in [-0.4, -0.2) is 69.9 Å². The van der Waals surface area contributed by atoms with Crippen molar-refractivity contribution >= 4 is 17.6 Å². The van der Waals surface area contributed by atoms with E-state index in [2.05, 4.69) is 27.4 Å².